The third kappa shape index (κ3) is 4.40. The average molecular weight is 516 g/mol. The highest BCUT2D eigenvalue weighted by Gasteiger charge is 2.49. The third-order valence-corrected chi connectivity index (χ3v) is 7.98. The summed E-state index contributed by atoms with van der Waals surface area (Å²) in [7, 11) is 4.85. The molecule has 1 aliphatic heterocycles. The van der Waals surface area contributed by atoms with Gasteiger partial charge < -0.3 is 19.1 Å². The molecule has 2 aromatic rings. The zero-order valence-electron chi connectivity index (χ0n) is 23.4. The van der Waals surface area contributed by atoms with Crippen molar-refractivity contribution >= 4 is 17.3 Å². The number of hydrogen-bond donors (Lipinski definition) is 0. The molecular weight excluding hydrogens is 478 g/mol. The van der Waals surface area contributed by atoms with E-state index in [1.54, 1.807) is 21.3 Å². The van der Waals surface area contributed by atoms with Gasteiger partial charge in [-0.2, -0.15) is 0 Å². The summed E-state index contributed by atoms with van der Waals surface area (Å²) >= 11 is 0. The van der Waals surface area contributed by atoms with E-state index >= 15 is 0 Å². The van der Waals surface area contributed by atoms with Crippen LogP contribution in [0.25, 0.3) is 0 Å². The number of carbonyl (C=O) groups excluding carboxylic acids is 2. The number of ether oxygens (including phenoxy) is 3. The third-order valence-electron chi connectivity index (χ3n) is 7.98. The molecule has 0 N–H and O–H groups in total. The van der Waals surface area contributed by atoms with E-state index in [-0.39, 0.29) is 22.4 Å². The van der Waals surface area contributed by atoms with Gasteiger partial charge in [0.2, 0.25) is 0 Å². The minimum absolute atomic E-state index is 0.0960. The fourth-order valence-corrected chi connectivity index (χ4v) is 6.37. The maximum Gasteiger partial charge on any atom is 0.162 e. The summed E-state index contributed by atoms with van der Waals surface area (Å²) in [4.78, 5) is 30.2. The molecule has 2 aliphatic carbocycles. The summed E-state index contributed by atoms with van der Waals surface area (Å²) in [5, 5.41) is 0. The summed E-state index contributed by atoms with van der Waals surface area (Å²) < 4.78 is 16.5. The first-order valence-electron chi connectivity index (χ1n) is 13.2. The molecule has 0 unspecified atom stereocenters. The second-order valence-electron chi connectivity index (χ2n) is 12.2. The van der Waals surface area contributed by atoms with Crippen LogP contribution in [0.5, 0.6) is 17.2 Å². The van der Waals surface area contributed by atoms with Gasteiger partial charge in [-0.15, -0.1) is 0 Å². The highest BCUT2D eigenvalue weighted by Crippen LogP contribution is 2.56. The zero-order chi connectivity index (χ0) is 27.4. The van der Waals surface area contributed by atoms with Crippen LogP contribution in [0.4, 0.5) is 5.69 Å². The molecule has 0 saturated heterocycles. The predicted octanol–water partition coefficient (Wildman–Crippen LogP) is 6.60. The number of allylic oxidation sites excluding steroid dienone is 4. The molecule has 6 nitrogen and oxygen atoms in total. The first-order valence-corrected chi connectivity index (χ1v) is 13.2. The quantitative estimate of drug-likeness (QED) is 0.447. The lowest BCUT2D eigenvalue weighted by atomic mass is 9.63. The van der Waals surface area contributed by atoms with Crippen molar-refractivity contribution in [3.63, 3.8) is 0 Å². The van der Waals surface area contributed by atoms with Crippen molar-refractivity contribution in [2.75, 3.05) is 26.2 Å². The molecule has 200 valence electrons. The number of Topliss-reactive ketones (excluding diaryl/α,β-unsaturated/α-hetero) is 2. The van der Waals surface area contributed by atoms with Gasteiger partial charge in [0.25, 0.3) is 0 Å². The minimum Gasteiger partial charge on any atom is -0.497 e. The van der Waals surface area contributed by atoms with Gasteiger partial charge in [0.15, 0.2) is 23.1 Å². The Kier molecular flexibility index (Phi) is 6.41. The van der Waals surface area contributed by atoms with Crippen molar-refractivity contribution in [2.45, 2.75) is 59.3 Å². The summed E-state index contributed by atoms with van der Waals surface area (Å²) in [6.45, 7) is 8.58. The summed E-state index contributed by atoms with van der Waals surface area (Å²) in [5.41, 5.74) is 4.83. The molecule has 0 spiro atoms. The Bertz CT molecular complexity index is 1310. The topological polar surface area (TPSA) is 65.1 Å². The van der Waals surface area contributed by atoms with Crippen LogP contribution >= 0.6 is 0 Å². The number of hydrogen-bond acceptors (Lipinski definition) is 6. The molecular formula is C32H37NO5. The number of ketones is 2. The van der Waals surface area contributed by atoms with E-state index in [1.807, 2.05) is 42.5 Å². The predicted molar refractivity (Wildman–Crippen MR) is 148 cm³/mol. The average Bonchev–Trinajstić information content (AvgIpc) is 2.86. The Morgan fingerprint density at radius 1 is 0.684 bits per heavy atom. The van der Waals surface area contributed by atoms with E-state index in [1.165, 1.54) is 0 Å². The van der Waals surface area contributed by atoms with Gasteiger partial charge in [0.05, 0.1) is 21.3 Å². The Morgan fingerprint density at radius 2 is 1.21 bits per heavy atom. The molecule has 3 aliphatic rings. The molecule has 0 fully saturated rings. The lowest BCUT2D eigenvalue weighted by Gasteiger charge is -2.49. The highest BCUT2D eigenvalue weighted by atomic mass is 16.5. The normalized spacial score (nSPS) is 20.8. The molecule has 0 aromatic heterocycles. The van der Waals surface area contributed by atoms with E-state index < -0.39 is 5.92 Å². The van der Waals surface area contributed by atoms with Gasteiger partial charge >= 0.3 is 0 Å². The van der Waals surface area contributed by atoms with Gasteiger partial charge in [0, 0.05) is 47.0 Å². The van der Waals surface area contributed by atoms with Gasteiger partial charge in [-0.3, -0.25) is 9.59 Å². The first-order chi connectivity index (χ1) is 18.0. The highest BCUT2D eigenvalue weighted by molar-refractivity contribution is 6.08. The fourth-order valence-electron chi connectivity index (χ4n) is 6.37. The van der Waals surface area contributed by atoms with Crippen LogP contribution in [-0.4, -0.2) is 32.9 Å². The SMILES string of the molecule is COc1ccc(N2C3=C(C(=O)CC(C)(C)C3)C(c3ccc(OC)c(OC)c3)C3=C2CC(C)(C)CC3=O)cc1. The Labute approximate surface area is 225 Å². The van der Waals surface area contributed by atoms with Gasteiger partial charge in [-0.1, -0.05) is 33.8 Å². The van der Waals surface area contributed by atoms with Crippen LogP contribution in [0.15, 0.2) is 65.0 Å². The molecule has 5 rings (SSSR count). The Hall–Kier alpha value is -3.54. The number of nitrogens with zero attached hydrogens (tertiary/aromatic N) is 1. The van der Waals surface area contributed by atoms with Crippen molar-refractivity contribution in [1.29, 1.82) is 0 Å². The monoisotopic (exact) mass is 515 g/mol. The van der Waals surface area contributed by atoms with Crippen molar-refractivity contribution < 1.29 is 23.8 Å². The molecule has 6 heteroatoms. The van der Waals surface area contributed by atoms with E-state index in [2.05, 4.69) is 32.6 Å². The molecule has 1 heterocycles. The van der Waals surface area contributed by atoms with E-state index in [4.69, 9.17) is 14.2 Å². The van der Waals surface area contributed by atoms with Crippen LogP contribution in [-0.2, 0) is 9.59 Å². The summed E-state index contributed by atoms with van der Waals surface area (Å²) in [6, 6.07) is 13.6. The molecule has 0 bridgehead atoms. The second kappa shape index (κ2) is 9.33. The molecule has 0 atom stereocenters. The number of methoxy groups -OCH3 is 3. The van der Waals surface area contributed by atoms with Gasteiger partial charge in [-0.05, 0) is 65.6 Å². The van der Waals surface area contributed by atoms with Crippen molar-refractivity contribution in [3.05, 3.63) is 70.6 Å². The molecule has 38 heavy (non-hydrogen) atoms. The second-order valence-corrected chi connectivity index (χ2v) is 12.2. The van der Waals surface area contributed by atoms with Crippen LogP contribution in [0.3, 0.4) is 0 Å². The molecule has 0 radical (unpaired) electrons. The Morgan fingerprint density at radius 3 is 1.68 bits per heavy atom. The molecule has 0 saturated carbocycles. The van der Waals surface area contributed by atoms with E-state index in [9.17, 15) is 9.59 Å². The summed E-state index contributed by atoms with van der Waals surface area (Å²) in [5.74, 6) is 1.71. The fraction of sp³-hybridized carbons (Fsp3) is 0.438. The van der Waals surface area contributed by atoms with Crippen LogP contribution in [0.2, 0.25) is 0 Å². The van der Waals surface area contributed by atoms with Crippen molar-refractivity contribution in [3.8, 4) is 17.2 Å². The molecule has 2 aromatic carbocycles. The first kappa shape index (κ1) is 26.1. The lowest BCUT2D eigenvalue weighted by Crippen LogP contribution is -2.44. The van der Waals surface area contributed by atoms with Crippen LogP contribution in [0, 0.1) is 10.8 Å². The Balaban J connectivity index is 1.81. The number of anilines is 1. The number of rotatable bonds is 5. The van der Waals surface area contributed by atoms with E-state index in [0.29, 0.717) is 24.3 Å². The minimum atomic E-state index is -0.443. The zero-order valence-corrected chi connectivity index (χ0v) is 23.4. The van der Waals surface area contributed by atoms with Crippen molar-refractivity contribution in [2.24, 2.45) is 10.8 Å². The van der Waals surface area contributed by atoms with E-state index in [0.717, 1.165) is 52.4 Å². The smallest absolute Gasteiger partial charge is 0.162 e. The van der Waals surface area contributed by atoms with Gasteiger partial charge in [0.1, 0.15) is 5.75 Å². The summed E-state index contributed by atoms with van der Waals surface area (Å²) in [6.07, 6.45) is 2.34. The van der Waals surface area contributed by atoms with Crippen LogP contribution < -0.4 is 19.1 Å². The molecule has 0 amide bonds. The van der Waals surface area contributed by atoms with Crippen molar-refractivity contribution in [1.82, 2.24) is 0 Å². The standard InChI is InChI=1S/C32H37NO5/c1-31(2)15-22-29(24(34)17-31)28(19-8-13-26(37-6)27(14-19)38-7)30-23(16-32(3,4)18-25(30)35)33(22)20-9-11-21(36-5)12-10-20/h8-14,28H,15-18H2,1-7H3. The lowest BCUT2D eigenvalue weighted by molar-refractivity contribution is -0.119. The maximum atomic E-state index is 14.0. The van der Waals surface area contributed by atoms with Gasteiger partial charge in [-0.25, -0.2) is 0 Å². The largest absolute Gasteiger partial charge is 0.497 e. The number of carbonyl (C=O) groups is 2. The number of benzene rings is 2. The van der Waals surface area contributed by atoms with Crippen LogP contribution in [0.1, 0.15) is 64.9 Å². The maximum absolute atomic E-state index is 14.0.